The first-order valence-corrected chi connectivity index (χ1v) is 8.51. The predicted octanol–water partition coefficient (Wildman–Crippen LogP) is 1.31. The van der Waals surface area contributed by atoms with Crippen LogP contribution < -0.4 is 0 Å². The van der Waals surface area contributed by atoms with Gasteiger partial charge in [-0.1, -0.05) is 30.3 Å². The molecule has 7 nitrogen and oxygen atoms in total. The minimum Gasteiger partial charge on any atom is -0.480 e. The Morgan fingerprint density at radius 3 is 2.60 bits per heavy atom. The molecule has 2 heterocycles. The maximum Gasteiger partial charge on any atom is 0.327 e. The number of likely N-dealkylation sites (tertiary alicyclic amines) is 1. The smallest absolute Gasteiger partial charge is 0.327 e. The highest BCUT2D eigenvalue weighted by atomic mass is 16.4. The van der Waals surface area contributed by atoms with Gasteiger partial charge in [-0.05, 0) is 18.4 Å². The third-order valence-electron chi connectivity index (χ3n) is 5.03. The molecular formula is C18H20N4O3. The third kappa shape index (κ3) is 2.90. The van der Waals surface area contributed by atoms with Gasteiger partial charge in [0, 0.05) is 25.4 Å². The molecular weight excluding hydrogens is 320 g/mol. The summed E-state index contributed by atoms with van der Waals surface area (Å²) < 4.78 is 1.63. The Hall–Kier alpha value is -2.70. The lowest BCUT2D eigenvalue weighted by atomic mass is 9.82. The van der Waals surface area contributed by atoms with Crippen molar-refractivity contribution in [1.82, 2.24) is 19.7 Å². The van der Waals surface area contributed by atoms with Gasteiger partial charge in [0.15, 0.2) is 5.82 Å². The van der Waals surface area contributed by atoms with Crippen molar-refractivity contribution in [2.24, 2.45) is 7.05 Å². The van der Waals surface area contributed by atoms with Crippen LogP contribution in [0.5, 0.6) is 0 Å². The average molecular weight is 340 g/mol. The highest BCUT2D eigenvalue weighted by Gasteiger charge is 2.47. The Morgan fingerprint density at radius 2 is 1.96 bits per heavy atom. The first kappa shape index (κ1) is 15.8. The number of amides is 1. The summed E-state index contributed by atoms with van der Waals surface area (Å²) in [7, 11) is 1.78. The highest BCUT2D eigenvalue weighted by molar-refractivity contribution is 5.87. The van der Waals surface area contributed by atoms with E-state index in [1.165, 1.54) is 4.90 Å². The Kier molecular flexibility index (Phi) is 3.78. The number of nitrogens with zero attached hydrogens (tertiary/aromatic N) is 4. The highest BCUT2D eigenvalue weighted by Crippen LogP contribution is 2.38. The molecule has 2 aliphatic rings. The average Bonchev–Trinajstić information content (AvgIpc) is 3.32. The fourth-order valence-corrected chi connectivity index (χ4v) is 3.40. The Labute approximate surface area is 145 Å². The van der Waals surface area contributed by atoms with E-state index in [0.29, 0.717) is 18.3 Å². The second-order valence-corrected chi connectivity index (χ2v) is 6.81. The van der Waals surface area contributed by atoms with E-state index in [1.807, 2.05) is 30.3 Å². The van der Waals surface area contributed by atoms with Crippen LogP contribution in [-0.2, 0) is 23.1 Å². The van der Waals surface area contributed by atoms with Gasteiger partial charge in [0.2, 0.25) is 5.91 Å². The molecule has 1 N–H and O–H groups in total. The summed E-state index contributed by atoms with van der Waals surface area (Å²) >= 11 is 0. The minimum absolute atomic E-state index is 0.0848. The first-order valence-electron chi connectivity index (χ1n) is 8.51. The van der Waals surface area contributed by atoms with E-state index in [1.54, 1.807) is 11.7 Å². The van der Waals surface area contributed by atoms with Crippen molar-refractivity contribution in [2.45, 2.75) is 37.1 Å². The van der Waals surface area contributed by atoms with E-state index >= 15 is 0 Å². The van der Waals surface area contributed by atoms with Crippen molar-refractivity contribution in [3.05, 3.63) is 47.5 Å². The van der Waals surface area contributed by atoms with E-state index in [9.17, 15) is 14.7 Å². The quantitative estimate of drug-likeness (QED) is 0.887. The largest absolute Gasteiger partial charge is 0.480 e. The molecule has 1 aliphatic heterocycles. The molecule has 1 amide bonds. The Morgan fingerprint density at radius 1 is 1.24 bits per heavy atom. The van der Waals surface area contributed by atoms with Crippen LogP contribution in [0.1, 0.15) is 41.9 Å². The van der Waals surface area contributed by atoms with Gasteiger partial charge < -0.3 is 10.0 Å². The number of hydrogen-bond donors (Lipinski definition) is 1. The van der Waals surface area contributed by atoms with Crippen molar-refractivity contribution in [2.75, 3.05) is 6.54 Å². The number of benzene rings is 1. The lowest BCUT2D eigenvalue weighted by molar-refractivity contribution is -0.159. The van der Waals surface area contributed by atoms with Crippen LogP contribution in [0, 0.1) is 0 Å². The molecule has 0 radical (unpaired) electrons. The monoisotopic (exact) mass is 340 g/mol. The number of carboxylic acid groups (broad SMARTS) is 1. The van der Waals surface area contributed by atoms with Crippen LogP contribution >= 0.6 is 0 Å². The van der Waals surface area contributed by atoms with Crippen LogP contribution in [0.2, 0.25) is 0 Å². The molecule has 2 atom stereocenters. The van der Waals surface area contributed by atoms with Crippen LogP contribution in [-0.4, -0.2) is 49.2 Å². The molecule has 1 aromatic heterocycles. The van der Waals surface area contributed by atoms with Gasteiger partial charge in [-0.2, -0.15) is 5.10 Å². The Balaban J connectivity index is 1.48. The van der Waals surface area contributed by atoms with E-state index in [2.05, 4.69) is 10.1 Å². The van der Waals surface area contributed by atoms with Gasteiger partial charge in [-0.3, -0.25) is 9.48 Å². The van der Waals surface area contributed by atoms with E-state index in [0.717, 1.165) is 24.2 Å². The van der Waals surface area contributed by atoms with E-state index < -0.39 is 12.0 Å². The number of aromatic nitrogens is 3. The summed E-state index contributed by atoms with van der Waals surface area (Å²) in [6.07, 6.45) is 2.29. The standard InChI is InChI=1S/C18H20N4O3/c1-21-14(19-17(20-21)12-7-8-12)9-15(23)22-10-13(16(22)18(24)25)11-5-3-2-4-6-11/h2-6,12-13,16H,7-10H2,1H3,(H,24,25)/t13-,16+/m1/s1. The fourth-order valence-electron chi connectivity index (χ4n) is 3.40. The number of hydrogen-bond acceptors (Lipinski definition) is 4. The minimum atomic E-state index is -0.968. The molecule has 0 unspecified atom stereocenters. The van der Waals surface area contributed by atoms with Gasteiger partial charge >= 0.3 is 5.97 Å². The normalized spacial score (nSPS) is 22.5. The van der Waals surface area contributed by atoms with Crippen LogP contribution in [0.15, 0.2) is 30.3 Å². The molecule has 130 valence electrons. The molecule has 2 aromatic rings. The number of carbonyl (C=O) groups is 2. The van der Waals surface area contributed by atoms with Crippen LogP contribution in [0.3, 0.4) is 0 Å². The summed E-state index contributed by atoms with van der Waals surface area (Å²) in [6.45, 7) is 0.424. The zero-order chi connectivity index (χ0) is 17.6. The molecule has 7 heteroatoms. The zero-order valence-electron chi connectivity index (χ0n) is 14.0. The topological polar surface area (TPSA) is 88.3 Å². The van der Waals surface area contributed by atoms with E-state index in [-0.39, 0.29) is 18.2 Å². The van der Waals surface area contributed by atoms with Gasteiger partial charge in [0.25, 0.3) is 0 Å². The van der Waals surface area contributed by atoms with Crippen molar-refractivity contribution >= 4 is 11.9 Å². The predicted molar refractivity (Wildman–Crippen MR) is 89.0 cm³/mol. The molecule has 0 spiro atoms. The zero-order valence-corrected chi connectivity index (χ0v) is 14.0. The van der Waals surface area contributed by atoms with Crippen molar-refractivity contribution in [3.63, 3.8) is 0 Å². The maximum atomic E-state index is 12.6. The van der Waals surface area contributed by atoms with Crippen molar-refractivity contribution < 1.29 is 14.7 Å². The summed E-state index contributed by atoms with van der Waals surface area (Å²) in [4.78, 5) is 30.2. The number of aryl methyl sites for hydroxylation is 1. The molecule has 25 heavy (non-hydrogen) atoms. The number of rotatable bonds is 5. The molecule has 2 fully saturated rings. The first-order chi connectivity index (χ1) is 12.0. The number of carbonyl (C=O) groups excluding carboxylic acids is 1. The molecule has 1 aliphatic carbocycles. The van der Waals surface area contributed by atoms with Gasteiger partial charge in [-0.15, -0.1) is 0 Å². The second kappa shape index (κ2) is 5.98. The second-order valence-electron chi connectivity index (χ2n) is 6.81. The summed E-state index contributed by atoms with van der Waals surface area (Å²) in [5, 5.41) is 13.9. The summed E-state index contributed by atoms with van der Waals surface area (Å²) in [5.41, 5.74) is 0.952. The van der Waals surface area contributed by atoms with Crippen LogP contribution in [0.4, 0.5) is 0 Å². The molecule has 4 rings (SSSR count). The molecule has 0 bridgehead atoms. The van der Waals surface area contributed by atoms with E-state index in [4.69, 9.17) is 0 Å². The molecule has 1 saturated heterocycles. The van der Waals surface area contributed by atoms with Gasteiger partial charge in [0.05, 0.1) is 6.42 Å². The molecule has 1 saturated carbocycles. The SMILES string of the molecule is Cn1nc(C2CC2)nc1CC(=O)N1C[C@H](c2ccccc2)[C@H]1C(=O)O. The third-order valence-corrected chi connectivity index (χ3v) is 5.03. The summed E-state index contributed by atoms with van der Waals surface area (Å²) in [5.74, 6) is 0.477. The summed E-state index contributed by atoms with van der Waals surface area (Å²) in [6, 6.07) is 8.67. The lowest BCUT2D eigenvalue weighted by Crippen LogP contribution is -2.61. The van der Waals surface area contributed by atoms with Gasteiger partial charge in [0.1, 0.15) is 11.9 Å². The fraction of sp³-hybridized carbons (Fsp3) is 0.444. The number of carboxylic acids is 1. The lowest BCUT2D eigenvalue weighted by Gasteiger charge is -2.45. The maximum absolute atomic E-state index is 12.6. The van der Waals surface area contributed by atoms with Crippen molar-refractivity contribution in [1.29, 1.82) is 0 Å². The molecule has 1 aromatic carbocycles. The number of aliphatic carboxylic acids is 1. The van der Waals surface area contributed by atoms with Crippen molar-refractivity contribution in [3.8, 4) is 0 Å². The van der Waals surface area contributed by atoms with Crippen LogP contribution in [0.25, 0.3) is 0 Å². The Bertz CT molecular complexity index is 813. The van der Waals surface area contributed by atoms with Gasteiger partial charge in [-0.25, -0.2) is 9.78 Å².